The van der Waals surface area contributed by atoms with Crippen LogP contribution in [0.3, 0.4) is 0 Å². The topological polar surface area (TPSA) is 54.5 Å². The fourth-order valence-electron chi connectivity index (χ4n) is 2.83. The van der Waals surface area contributed by atoms with Gasteiger partial charge in [-0.15, -0.1) is 0 Å². The molecule has 1 amide bonds. The van der Waals surface area contributed by atoms with Crippen molar-refractivity contribution in [2.75, 3.05) is 36.5 Å². The monoisotopic (exact) mass is 325 g/mol. The van der Waals surface area contributed by atoms with Gasteiger partial charge in [-0.2, -0.15) is 0 Å². The lowest BCUT2D eigenvalue weighted by Crippen LogP contribution is -2.36. The number of nitrogens with one attached hydrogen (secondary N) is 1. The third kappa shape index (κ3) is 4.32. The zero-order chi connectivity index (χ0) is 16.8. The number of hydrogen-bond donors (Lipinski definition) is 1. The van der Waals surface area contributed by atoms with Gasteiger partial charge in [0.05, 0.1) is 25.1 Å². The molecule has 0 aliphatic carbocycles. The number of nitrogens with zero attached hydrogens (tertiary/aromatic N) is 2. The summed E-state index contributed by atoms with van der Waals surface area (Å²) in [7, 11) is 0. The molecule has 1 fully saturated rings. The van der Waals surface area contributed by atoms with E-state index in [-0.39, 0.29) is 11.8 Å². The summed E-state index contributed by atoms with van der Waals surface area (Å²) >= 11 is 0. The molecule has 1 aromatic carbocycles. The molecule has 1 unspecified atom stereocenters. The van der Waals surface area contributed by atoms with Crippen LogP contribution in [0.25, 0.3) is 0 Å². The maximum atomic E-state index is 12.2. The Hall–Kier alpha value is -2.40. The predicted molar refractivity (Wildman–Crippen MR) is 95.4 cm³/mol. The molecular weight excluding hydrogens is 302 g/mol. The Morgan fingerprint density at radius 3 is 2.62 bits per heavy atom. The normalized spacial score (nSPS) is 15.8. The van der Waals surface area contributed by atoms with Crippen LogP contribution in [0, 0.1) is 0 Å². The van der Waals surface area contributed by atoms with Crippen molar-refractivity contribution < 1.29 is 9.53 Å². The summed E-state index contributed by atoms with van der Waals surface area (Å²) in [6.07, 6.45) is 2.17. The second-order valence-electron chi connectivity index (χ2n) is 6.07. The van der Waals surface area contributed by atoms with Crippen molar-refractivity contribution >= 4 is 17.4 Å². The minimum Gasteiger partial charge on any atom is -0.378 e. The Labute approximate surface area is 142 Å². The molecule has 1 aliphatic heterocycles. The van der Waals surface area contributed by atoms with Crippen LogP contribution in [0.5, 0.6) is 0 Å². The number of amides is 1. The number of anilines is 2. The van der Waals surface area contributed by atoms with Gasteiger partial charge in [0.25, 0.3) is 0 Å². The Balaban J connectivity index is 1.54. The molecule has 0 spiro atoms. The first-order chi connectivity index (χ1) is 11.7. The van der Waals surface area contributed by atoms with E-state index in [9.17, 15) is 4.79 Å². The molecule has 1 aliphatic rings. The highest BCUT2D eigenvalue weighted by Crippen LogP contribution is 2.20. The summed E-state index contributed by atoms with van der Waals surface area (Å²) in [5.74, 6) is 1.12. The maximum Gasteiger partial charge on any atom is 0.225 e. The van der Waals surface area contributed by atoms with Crippen LogP contribution >= 0.6 is 0 Å². The molecule has 1 N–H and O–H groups in total. The summed E-state index contributed by atoms with van der Waals surface area (Å²) in [5, 5.41) is 2.93. The lowest BCUT2D eigenvalue weighted by Gasteiger charge is -2.27. The summed E-state index contributed by atoms with van der Waals surface area (Å²) in [5.41, 5.74) is 1.91. The number of carbonyl (C=O) groups is 1. The van der Waals surface area contributed by atoms with Crippen molar-refractivity contribution in [1.82, 2.24) is 4.98 Å². The van der Waals surface area contributed by atoms with Crippen molar-refractivity contribution in [2.45, 2.75) is 19.3 Å². The standard InChI is InChI=1S/C19H23N3O2/c1-15(16-5-3-2-4-6-16)13-19(23)21-17-7-8-18(20-14-17)22-9-11-24-12-10-22/h2-8,14-15H,9-13H2,1H3,(H,21,23). The third-order valence-corrected chi connectivity index (χ3v) is 4.23. The molecule has 1 saturated heterocycles. The van der Waals surface area contributed by atoms with Crippen LogP contribution in [0.15, 0.2) is 48.7 Å². The number of carbonyl (C=O) groups excluding carboxylic acids is 1. The fourth-order valence-corrected chi connectivity index (χ4v) is 2.83. The number of aromatic nitrogens is 1. The van der Waals surface area contributed by atoms with E-state index < -0.39 is 0 Å². The molecule has 0 radical (unpaired) electrons. The highest BCUT2D eigenvalue weighted by Gasteiger charge is 2.13. The molecule has 5 heteroatoms. The third-order valence-electron chi connectivity index (χ3n) is 4.23. The zero-order valence-electron chi connectivity index (χ0n) is 13.9. The predicted octanol–water partition coefficient (Wildman–Crippen LogP) is 3.05. The Bertz CT molecular complexity index is 652. The number of hydrogen-bond acceptors (Lipinski definition) is 4. The minimum absolute atomic E-state index is 0.00674. The average molecular weight is 325 g/mol. The van der Waals surface area contributed by atoms with E-state index >= 15 is 0 Å². The van der Waals surface area contributed by atoms with E-state index in [1.807, 2.05) is 30.3 Å². The molecule has 126 valence electrons. The summed E-state index contributed by atoms with van der Waals surface area (Å²) in [6, 6.07) is 13.9. The van der Waals surface area contributed by atoms with E-state index in [4.69, 9.17) is 4.74 Å². The lowest BCUT2D eigenvalue weighted by atomic mass is 9.97. The van der Waals surface area contributed by atoms with Gasteiger partial charge in [-0.1, -0.05) is 37.3 Å². The molecule has 2 aromatic rings. The van der Waals surface area contributed by atoms with Gasteiger partial charge >= 0.3 is 0 Å². The molecule has 3 rings (SSSR count). The van der Waals surface area contributed by atoms with Crippen molar-refractivity contribution in [1.29, 1.82) is 0 Å². The van der Waals surface area contributed by atoms with Gasteiger partial charge in [0.15, 0.2) is 0 Å². The van der Waals surface area contributed by atoms with E-state index in [0.717, 1.165) is 37.8 Å². The van der Waals surface area contributed by atoms with Gasteiger partial charge < -0.3 is 15.0 Å². The summed E-state index contributed by atoms with van der Waals surface area (Å²) in [4.78, 5) is 18.9. The second-order valence-corrected chi connectivity index (χ2v) is 6.07. The van der Waals surface area contributed by atoms with Crippen LogP contribution in [0.1, 0.15) is 24.8 Å². The first-order valence-corrected chi connectivity index (χ1v) is 8.36. The van der Waals surface area contributed by atoms with Crippen molar-refractivity contribution in [2.24, 2.45) is 0 Å². The molecule has 1 atom stereocenters. The number of rotatable bonds is 5. The fraction of sp³-hybridized carbons (Fsp3) is 0.368. The van der Waals surface area contributed by atoms with Crippen molar-refractivity contribution in [3.8, 4) is 0 Å². The van der Waals surface area contributed by atoms with Gasteiger partial charge in [0.2, 0.25) is 5.91 Å². The largest absolute Gasteiger partial charge is 0.378 e. The van der Waals surface area contributed by atoms with Gasteiger partial charge in [0.1, 0.15) is 5.82 Å². The van der Waals surface area contributed by atoms with Crippen molar-refractivity contribution in [3.05, 3.63) is 54.2 Å². The smallest absolute Gasteiger partial charge is 0.225 e. The van der Waals surface area contributed by atoms with E-state index in [1.165, 1.54) is 5.56 Å². The quantitative estimate of drug-likeness (QED) is 0.918. The maximum absolute atomic E-state index is 12.2. The molecule has 24 heavy (non-hydrogen) atoms. The number of morpholine rings is 1. The van der Waals surface area contributed by atoms with E-state index in [2.05, 4.69) is 34.3 Å². The SMILES string of the molecule is CC(CC(=O)Nc1ccc(N2CCOCC2)nc1)c1ccccc1. The molecule has 2 heterocycles. The number of ether oxygens (including phenoxy) is 1. The molecule has 0 bridgehead atoms. The minimum atomic E-state index is 0.00674. The van der Waals surface area contributed by atoms with Crippen LogP contribution in [-0.2, 0) is 9.53 Å². The van der Waals surface area contributed by atoms with Crippen LogP contribution in [0.2, 0.25) is 0 Å². The van der Waals surface area contributed by atoms with Crippen LogP contribution < -0.4 is 10.2 Å². The van der Waals surface area contributed by atoms with Crippen LogP contribution in [-0.4, -0.2) is 37.2 Å². The highest BCUT2D eigenvalue weighted by molar-refractivity contribution is 5.91. The molecule has 1 aromatic heterocycles. The van der Waals surface area contributed by atoms with E-state index in [1.54, 1.807) is 6.20 Å². The van der Waals surface area contributed by atoms with Gasteiger partial charge in [-0.05, 0) is 23.6 Å². The van der Waals surface area contributed by atoms with Crippen molar-refractivity contribution in [3.63, 3.8) is 0 Å². The molecule has 5 nitrogen and oxygen atoms in total. The lowest BCUT2D eigenvalue weighted by molar-refractivity contribution is -0.116. The zero-order valence-corrected chi connectivity index (χ0v) is 13.9. The first-order valence-electron chi connectivity index (χ1n) is 8.36. The average Bonchev–Trinajstić information content (AvgIpc) is 2.64. The molecular formula is C19H23N3O2. The Morgan fingerprint density at radius 2 is 1.96 bits per heavy atom. The first kappa shape index (κ1) is 16.5. The Kier molecular flexibility index (Phi) is 5.43. The number of benzene rings is 1. The van der Waals surface area contributed by atoms with E-state index in [0.29, 0.717) is 6.42 Å². The van der Waals surface area contributed by atoms with Gasteiger partial charge in [-0.3, -0.25) is 4.79 Å². The van der Waals surface area contributed by atoms with Gasteiger partial charge in [-0.25, -0.2) is 4.98 Å². The second kappa shape index (κ2) is 7.93. The Morgan fingerprint density at radius 1 is 1.21 bits per heavy atom. The van der Waals surface area contributed by atoms with Gasteiger partial charge in [0, 0.05) is 19.5 Å². The van der Waals surface area contributed by atoms with Crippen LogP contribution in [0.4, 0.5) is 11.5 Å². The number of pyridine rings is 1. The molecule has 0 saturated carbocycles. The summed E-state index contributed by atoms with van der Waals surface area (Å²) in [6.45, 7) is 5.24. The highest BCUT2D eigenvalue weighted by atomic mass is 16.5. The summed E-state index contributed by atoms with van der Waals surface area (Å²) < 4.78 is 5.34.